The van der Waals surface area contributed by atoms with Gasteiger partial charge in [-0.15, -0.1) is 11.3 Å². The molecule has 1 aliphatic heterocycles. The molecule has 1 aliphatic carbocycles. The van der Waals surface area contributed by atoms with E-state index in [4.69, 9.17) is 9.47 Å². The monoisotopic (exact) mass is 391 g/mol. The fraction of sp³-hybridized carbons (Fsp3) is 0.350. The third kappa shape index (κ3) is 2.84. The Morgan fingerprint density at radius 1 is 1.00 bits per heavy atom. The van der Waals surface area contributed by atoms with E-state index in [-0.39, 0.29) is 5.52 Å². The van der Waals surface area contributed by atoms with E-state index < -0.39 is 17.7 Å². The largest absolute Gasteiger partial charge is 0.448 e. The molecule has 0 amide bonds. The minimum absolute atomic E-state index is 0.267. The number of ether oxygens (including phenoxy) is 2. The lowest BCUT2D eigenvalue weighted by Crippen LogP contribution is -2.40. The summed E-state index contributed by atoms with van der Waals surface area (Å²) >= 11 is 1.40. The molecule has 0 unspecified atom stereocenters. The van der Waals surface area contributed by atoms with Crippen molar-refractivity contribution in [3.05, 3.63) is 41.4 Å². The molecule has 3 nitrogen and oxygen atoms in total. The van der Waals surface area contributed by atoms with Crippen molar-refractivity contribution in [2.75, 3.05) is 0 Å². The van der Waals surface area contributed by atoms with E-state index in [1.807, 2.05) is 17.5 Å². The van der Waals surface area contributed by atoms with Gasteiger partial charge in [-0.1, -0.05) is 12.5 Å². The van der Waals surface area contributed by atoms with Crippen LogP contribution in [0.3, 0.4) is 0 Å². The zero-order valence-corrected chi connectivity index (χ0v) is 15.1. The predicted molar refractivity (Wildman–Crippen MR) is 97.1 cm³/mol. The lowest BCUT2D eigenvalue weighted by Gasteiger charge is -2.31. The van der Waals surface area contributed by atoms with E-state index in [0.717, 1.165) is 43.0 Å². The molecule has 3 heterocycles. The molecule has 0 radical (unpaired) electrons. The minimum atomic E-state index is -4.51. The lowest BCUT2D eigenvalue weighted by atomic mass is 9.94. The number of aromatic nitrogens is 1. The molecule has 140 valence electrons. The van der Waals surface area contributed by atoms with Gasteiger partial charge in [0.25, 0.3) is 5.79 Å². The summed E-state index contributed by atoms with van der Waals surface area (Å²) in [5, 5.41) is 2.49. The van der Waals surface area contributed by atoms with Crippen molar-refractivity contribution >= 4 is 22.2 Å². The number of pyridine rings is 1. The van der Waals surface area contributed by atoms with Crippen molar-refractivity contribution < 1.29 is 22.6 Å². The molecule has 0 N–H and O–H groups in total. The normalized spacial score (nSPS) is 18.3. The zero-order valence-electron chi connectivity index (χ0n) is 14.3. The lowest BCUT2D eigenvalue weighted by molar-refractivity contribution is -0.140. The zero-order chi connectivity index (χ0) is 18.6. The quantitative estimate of drug-likeness (QED) is 0.480. The first-order valence-electron chi connectivity index (χ1n) is 8.91. The fourth-order valence-corrected chi connectivity index (χ4v) is 4.65. The van der Waals surface area contributed by atoms with Gasteiger partial charge in [0.05, 0.1) is 5.52 Å². The van der Waals surface area contributed by atoms with Gasteiger partial charge >= 0.3 is 6.18 Å². The van der Waals surface area contributed by atoms with E-state index >= 15 is 0 Å². The van der Waals surface area contributed by atoms with Crippen LogP contribution >= 0.6 is 11.3 Å². The van der Waals surface area contributed by atoms with Crippen LogP contribution in [0.2, 0.25) is 0 Å². The number of rotatable bonds is 1. The molecule has 0 saturated heterocycles. The first-order chi connectivity index (χ1) is 12.9. The van der Waals surface area contributed by atoms with Crippen molar-refractivity contribution in [1.29, 1.82) is 0 Å². The Morgan fingerprint density at radius 3 is 2.41 bits per heavy atom. The molecule has 1 saturated carbocycles. The Balaban J connectivity index is 1.69. The highest BCUT2D eigenvalue weighted by Gasteiger charge is 2.43. The van der Waals surface area contributed by atoms with Crippen LogP contribution in [0.25, 0.3) is 21.3 Å². The molecule has 2 aromatic heterocycles. The average molecular weight is 391 g/mol. The molecular weight excluding hydrogens is 375 g/mol. The highest BCUT2D eigenvalue weighted by Crippen LogP contribution is 2.48. The van der Waals surface area contributed by atoms with Crippen molar-refractivity contribution in [3.63, 3.8) is 0 Å². The summed E-state index contributed by atoms with van der Waals surface area (Å²) in [5.41, 5.74) is -0.119. The van der Waals surface area contributed by atoms with Gasteiger partial charge in [0, 0.05) is 34.7 Å². The summed E-state index contributed by atoms with van der Waals surface area (Å²) in [4.78, 5) is 4.64. The summed E-state index contributed by atoms with van der Waals surface area (Å²) < 4.78 is 52.3. The molecule has 27 heavy (non-hydrogen) atoms. The van der Waals surface area contributed by atoms with Crippen LogP contribution in [-0.2, 0) is 6.18 Å². The van der Waals surface area contributed by atoms with Crippen LogP contribution < -0.4 is 9.47 Å². The van der Waals surface area contributed by atoms with E-state index in [9.17, 15) is 13.2 Å². The minimum Gasteiger partial charge on any atom is -0.448 e. The van der Waals surface area contributed by atoms with Crippen LogP contribution in [0.5, 0.6) is 11.5 Å². The maximum absolute atomic E-state index is 13.4. The van der Waals surface area contributed by atoms with Gasteiger partial charge in [0.15, 0.2) is 11.5 Å². The third-order valence-electron chi connectivity index (χ3n) is 5.16. The van der Waals surface area contributed by atoms with Gasteiger partial charge in [-0.2, -0.15) is 13.2 Å². The second-order valence-electron chi connectivity index (χ2n) is 7.02. The summed E-state index contributed by atoms with van der Waals surface area (Å²) in [6.07, 6.45) is 0.246. The van der Waals surface area contributed by atoms with Gasteiger partial charge in [0.1, 0.15) is 5.69 Å². The molecule has 1 aromatic carbocycles. The summed E-state index contributed by atoms with van der Waals surface area (Å²) in [6, 6.07) is 8.11. The number of halogens is 3. The first-order valence-corrected chi connectivity index (χ1v) is 9.79. The van der Waals surface area contributed by atoms with Gasteiger partial charge in [0.2, 0.25) is 0 Å². The second-order valence-corrected chi connectivity index (χ2v) is 7.97. The van der Waals surface area contributed by atoms with Gasteiger partial charge in [-0.3, -0.25) is 0 Å². The summed E-state index contributed by atoms with van der Waals surface area (Å²) in [7, 11) is 0. The van der Waals surface area contributed by atoms with Crippen LogP contribution in [0.4, 0.5) is 13.2 Å². The summed E-state index contributed by atoms with van der Waals surface area (Å²) in [5.74, 6) is 0.394. The highest BCUT2D eigenvalue weighted by atomic mass is 32.1. The molecular formula is C20H16F3NO2S. The van der Waals surface area contributed by atoms with E-state index in [1.165, 1.54) is 11.3 Å². The van der Waals surface area contributed by atoms with Crippen LogP contribution in [0, 0.1) is 0 Å². The molecule has 1 fully saturated rings. The molecule has 0 atom stereocenters. The fourth-order valence-electron chi connectivity index (χ4n) is 3.89. The molecule has 3 aromatic rings. The van der Waals surface area contributed by atoms with Crippen LogP contribution in [0.15, 0.2) is 35.7 Å². The summed E-state index contributed by atoms with van der Waals surface area (Å²) in [6.45, 7) is 0. The number of nitrogens with zero attached hydrogens (tertiary/aromatic N) is 1. The van der Waals surface area contributed by atoms with E-state index in [2.05, 4.69) is 4.98 Å². The van der Waals surface area contributed by atoms with Gasteiger partial charge in [-0.05, 0) is 36.4 Å². The van der Waals surface area contributed by atoms with E-state index in [1.54, 1.807) is 12.1 Å². The number of fused-ring (bicyclic) bond motifs is 2. The average Bonchev–Trinajstić information content (AvgIpc) is 3.26. The molecule has 7 heteroatoms. The molecule has 1 spiro atoms. The Kier molecular flexibility index (Phi) is 3.66. The third-order valence-corrected chi connectivity index (χ3v) is 6.06. The van der Waals surface area contributed by atoms with Gasteiger partial charge in [-0.25, -0.2) is 4.98 Å². The van der Waals surface area contributed by atoms with Crippen LogP contribution in [0.1, 0.15) is 37.8 Å². The number of thiophene rings is 1. The Labute approximate surface area is 157 Å². The number of hydrogen-bond donors (Lipinski definition) is 0. The molecule has 5 rings (SSSR count). The van der Waals surface area contributed by atoms with E-state index in [0.29, 0.717) is 22.4 Å². The smallest absolute Gasteiger partial charge is 0.433 e. The topological polar surface area (TPSA) is 31.4 Å². The first kappa shape index (κ1) is 16.9. The van der Waals surface area contributed by atoms with Crippen molar-refractivity contribution in [3.8, 4) is 21.9 Å². The SMILES string of the molecule is FC(F)(F)c1cc(-c2cccs2)c2cc3c(cc2n1)OC1(CCCCC1)O3. The van der Waals surface area contributed by atoms with Gasteiger partial charge < -0.3 is 9.47 Å². The Morgan fingerprint density at radius 2 is 1.74 bits per heavy atom. The molecule has 2 aliphatic rings. The second kappa shape index (κ2) is 5.86. The number of alkyl halides is 3. The highest BCUT2D eigenvalue weighted by molar-refractivity contribution is 7.13. The van der Waals surface area contributed by atoms with Crippen molar-refractivity contribution in [2.24, 2.45) is 0 Å². The van der Waals surface area contributed by atoms with Crippen molar-refractivity contribution in [1.82, 2.24) is 4.98 Å². The Hall–Kier alpha value is -2.28. The predicted octanol–water partition coefficient (Wildman–Crippen LogP) is 6.41. The maximum Gasteiger partial charge on any atom is 0.433 e. The molecule has 0 bridgehead atoms. The Bertz CT molecular complexity index is 1010. The van der Waals surface area contributed by atoms with Crippen molar-refractivity contribution in [2.45, 2.75) is 44.1 Å². The number of benzene rings is 1. The standard InChI is InChI=1S/C20H16F3NO2S/c21-20(22,23)18-10-13(17-5-4-8-27-17)12-9-15-16(11-14(12)24-18)26-19(25-15)6-2-1-3-7-19/h4-5,8-11H,1-3,6-7H2. The maximum atomic E-state index is 13.4. The van der Waals surface area contributed by atoms with Crippen LogP contribution in [-0.4, -0.2) is 10.8 Å². The number of hydrogen-bond acceptors (Lipinski definition) is 4.